The van der Waals surface area contributed by atoms with E-state index in [1.54, 1.807) is 0 Å². The lowest BCUT2D eigenvalue weighted by Gasteiger charge is -2.25. The van der Waals surface area contributed by atoms with Crippen LogP contribution in [0, 0.1) is 5.92 Å². The fourth-order valence-electron chi connectivity index (χ4n) is 4.47. The van der Waals surface area contributed by atoms with Crippen LogP contribution in [-0.4, -0.2) is 15.6 Å². The van der Waals surface area contributed by atoms with Crippen LogP contribution in [-0.2, 0) is 6.54 Å². The minimum absolute atomic E-state index is 0.526. The van der Waals surface area contributed by atoms with Gasteiger partial charge < -0.3 is 11.1 Å². The molecule has 0 aliphatic heterocycles. The minimum Gasteiger partial charge on any atom is -0.369 e. The molecule has 0 saturated heterocycles. The van der Waals surface area contributed by atoms with Crippen molar-refractivity contribution in [2.45, 2.75) is 58.0 Å². The van der Waals surface area contributed by atoms with Crippen molar-refractivity contribution in [2.75, 3.05) is 5.73 Å². The van der Waals surface area contributed by atoms with Crippen molar-refractivity contribution in [3.63, 3.8) is 0 Å². The van der Waals surface area contributed by atoms with Crippen LogP contribution in [0.1, 0.15) is 51.0 Å². The molecule has 142 valence electrons. The molecule has 0 bridgehead atoms. The summed E-state index contributed by atoms with van der Waals surface area (Å²) >= 11 is 0. The van der Waals surface area contributed by atoms with Crippen LogP contribution in [0.2, 0.25) is 0 Å². The molecule has 0 amide bonds. The zero-order valence-corrected chi connectivity index (χ0v) is 16.2. The van der Waals surface area contributed by atoms with Crippen molar-refractivity contribution in [1.82, 2.24) is 14.9 Å². The van der Waals surface area contributed by atoms with Crippen molar-refractivity contribution >= 4 is 17.0 Å². The number of hydrogen-bond acceptors (Lipinski definition) is 3. The summed E-state index contributed by atoms with van der Waals surface area (Å²) in [7, 11) is 0. The molecule has 1 atom stereocenters. The topological polar surface area (TPSA) is 55.9 Å². The molecule has 4 heteroatoms. The Morgan fingerprint density at radius 2 is 1.81 bits per heavy atom. The van der Waals surface area contributed by atoms with Gasteiger partial charge in [-0.05, 0) is 43.0 Å². The van der Waals surface area contributed by atoms with E-state index in [1.807, 2.05) is 18.2 Å². The first-order valence-corrected chi connectivity index (χ1v) is 10.3. The Kier molecular flexibility index (Phi) is 5.44. The van der Waals surface area contributed by atoms with Crippen LogP contribution in [0.5, 0.6) is 0 Å². The Morgan fingerprint density at radius 3 is 2.67 bits per heavy atom. The summed E-state index contributed by atoms with van der Waals surface area (Å²) in [5.41, 5.74) is 10.6. The highest BCUT2D eigenvalue weighted by Gasteiger charge is 2.17. The summed E-state index contributed by atoms with van der Waals surface area (Å²) in [4.78, 5) is 4.52. The standard InChI is InChI=1S/C23H30N4/c1-17(15-18-9-3-2-4-10-18)25-16-19-11-5-7-13-21(19)27-22-14-8-6-12-20(22)26-23(27)24/h5-8,11-14,17-18,25H,2-4,9-10,15-16H2,1H3,(H2,24,26). The van der Waals surface area contributed by atoms with E-state index in [9.17, 15) is 0 Å². The highest BCUT2D eigenvalue weighted by molar-refractivity contribution is 5.81. The number of nitrogens with zero attached hydrogens (tertiary/aromatic N) is 2. The van der Waals surface area contributed by atoms with E-state index in [0.717, 1.165) is 29.2 Å². The molecule has 0 radical (unpaired) electrons. The predicted molar refractivity (Wildman–Crippen MR) is 113 cm³/mol. The fourth-order valence-corrected chi connectivity index (χ4v) is 4.47. The molecule has 1 aliphatic carbocycles. The van der Waals surface area contributed by atoms with Crippen LogP contribution in [0.4, 0.5) is 5.95 Å². The molecule has 2 aromatic carbocycles. The number of nitrogens with one attached hydrogen (secondary N) is 1. The second-order valence-corrected chi connectivity index (χ2v) is 7.94. The number of nitrogen functional groups attached to an aromatic ring is 1. The third-order valence-electron chi connectivity index (χ3n) is 5.87. The lowest BCUT2D eigenvalue weighted by Crippen LogP contribution is -2.29. The Labute approximate surface area is 161 Å². The molecular formula is C23H30N4. The lowest BCUT2D eigenvalue weighted by molar-refractivity contribution is 0.304. The molecule has 1 saturated carbocycles. The van der Waals surface area contributed by atoms with Crippen molar-refractivity contribution in [3.8, 4) is 5.69 Å². The first kappa shape index (κ1) is 18.1. The largest absolute Gasteiger partial charge is 0.369 e. The van der Waals surface area contributed by atoms with Crippen molar-refractivity contribution in [2.24, 2.45) is 5.92 Å². The average molecular weight is 363 g/mol. The molecule has 1 aliphatic rings. The molecule has 1 unspecified atom stereocenters. The number of nitrogens with two attached hydrogens (primary N) is 1. The number of imidazole rings is 1. The number of aromatic nitrogens is 2. The van der Waals surface area contributed by atoms with Gasteiger partial charge in [0.25, 0.3) is 0 Å². The van der Waals surface area contributed by atoms with Gasteiger partial charge in [0.2, 0.25) is 5.95 Å². The summed E-state index contributed by atoms with van der Waals surface area (Å²) < 4.78 is 2.07. The quantitative estimate of drug-likeness (QED) is 0.645. The smallest absolute Gasteiger partial charge is 0.205 e. The van der Waals surface area contributed by atoms with Gasteiger partial charge in [-0.1, -0.05) is 62.4 Å². The zero-order chi connectivity index (χ0) is 18.6. The molecule has 27 heavy (non-hydrogen) atoms. The summed E-state index contributed by atoms with van der Waals surface area (Å²) in [6.45, 7) is 3.16. The lowest BCUT2D eigenvalue weighted by atomic mass is 9.85. The first-order valence-electron chi connectivity index (χ1n) is 10.3. The maximum Gasteiger partial charge on any atom is 0.205 e. The molecular weight excluding hydrogens is 332 g/mol. The predicted octanol–water partition coefficient (Wildman–Crippen LogP) is 5.06. The average Bonchev–Trinajstić information content (AvgIpc) is 3.03. The van der Waals surface area contributed by atoms with E-state index in [-0.39, 0.29) is 0 Å². The number of benzene rings is 2. The van der Waals surface area contributed by atoms with Crippen LogP contribution in [0.25, 0.3) is 16.7 Å². The Balaban J connectivity index is 1.52. The number of hydrogen-bond donors (Lipinski definition) is 2. The summed E-state index contributed by atoms with van der Waals surface area (Å²) in [6, 6.07) is 17.1. The second-order valence-electron chi connectivity index (χ2n) is 7.94. The van der Waals surface area contributed by atoms with Gasteiger partial charge in [-0.15, -0.1) is 0 Å². The molecule has 3 N–H and O–H groups in total. The minimum atomic E-state index is 0.526. The first-order chi connectivity index (χ1) is 13.2. The van der Waals surface area contributed by atoms with E-state index in [4.69, 9.17) is 5.73 Å². The zero-order valence-electron chi connectivity index (χ0n) is 16.2. The summed E-state index contributed by atoms with van der Waals surface area (Å²) in [5.74, 6) is 1.43. The molecule has 4 nitrogen and oxygen atoms in total. The van der Waals surface area contributed by atoms with Gasteiger partial charge in [-0.3, -0.25) is 4.57 Å². The summed E-state index contributed by atoms with van der Waals surface area (Å²) in [5, 5.41) is 3.74. The van der Waals surface area contributed by atoms with E-state index >= 15 is 0 Å². The van der Waals surface area contributed by atoms with Crippen LogP contribution in [0.15, 0.2) is 48.5 Å². The third kappa shape index (κ3) is 4.01. The van der Waals surface area contributed by atoms with Gasteiger partial charge in [0.15, 0.2) is 0 Å². The number of fused-ring (bicyclic) bond motifs is 1. The molecule has 1 aromatic heterocycles. The van der Waals surface area contributed by atoms with Crippen LogP contribution in [0.3, 0.4) is 0 Å². The maximum absolute atomic E-state index is 6.27. The fraction of sp³-hybridized carbons (Fsp3) is 0.435. The van der Waals surface area contributed by atoms with E-state index in [1.165, 1.54) is 44.1 Å². The number of rotatable bonds is 6. The van der Waals surface area contributed by atoms with Crippen molar-refractivity contribution in [1.29, 1.82) is 0 Å². The van der Waals surface area contributed by atoms with Crippen molar-refractivity contribution < 1.29 is 0 Å². The highest BCUT2D eigenvalue weighted by atomic mass is 15.2. The molecule has 1 heterocycles. The van der Waals surface area contributed by atoms with Crippen molar-refractivity contribution in [3.05, 3.63) is 54.1 Å². The van der Waals surface area contributed by atoms with Gasteiger partial charge in [-0.25, -0.2) is 4.98 Å². The Morgan fingerprint density at radius 1 is 1.07 bits per heavy atom. The van der Waals surface area contributed by atoms with Gasteiger partial charge in [0.1, 0.15) is 0 Å². The van der Waals surface area contributed by atoms with E-state index in [2.05, 4.69) is 52.1 Å². The SMILES string of the molecule is CC(CC1CCCCC1)NCc1ccccc1-n1c(N)nc2ccccc21. The normalized spacial score (nSPS) is 16.6. The van der Waals surface area contributed by atoms with Crippen LogP contribution < -0.4 is 11.1 Å². The van der Waals surface area contributed by atoms with Gasteiger partial charge in [-0.2, -0.15) is 0 Å². The molecule has 3 aromatic rings. The van der Waals surface area contributed by atoms with Gasteiger partial charge in [0.05, 0.1) is 16.7 Å². The van der Waals surface area contributed by atoms with Gasteiger partial charge in [0, 0.05) is 12.6 Å². The van der Waals surface area contributed by atoms with E-state index < -0.39 is 0 Å². The van der Waals surface area contributed by atoms with Crippen LogP contribution >= 0.6 is 0 Å². The third-order valence-corrected chi connectivity index (χ3v) is 5.87. The number of para-hydroxylation sites is 3. The summed E-state index contributed by atoms with van der Waals surface area (Å²) in [6.07, 6.45) is 8.32. The Hall–Kier alpha value is -2.33. The Bertz CT molecular complexity index is 892. The monoisotopic (exact) mass is 362 g/mol. The number of anilines is 1. The van der Waals surface area contributed by atoms with Gasteiger partial charge >= 0.3 is 0 Å². The molecule has 0 spiro atoms. The van der Waals surface area contributed by atoms with E-state index in [0.29, 0.717) is 12.0 Å². The highest BCUT2D eigenvalue weighted by Crippen LogP contribution is 2.28. The maximum atomic E-state index is 6.27. The second kappa shape index (κ2) is 8.13. The molecule has 1 fully saturated rings. The molecule has 4 rings (SSSR count).